The third kappa shape index (κ3) is 2.05. The third-order valence-corrected chi connectivity index (χ3v) is 4.41. The van der Waals surface area contributed by atoms with Crippen LogP contribution in [0.25, 0.3) is 5.65 Å². The monoisotopic (exact) mass is 287 g/mol. The topological polar surface area (TPSA) is 45.9 Å². The fourth-order valence-electron chi connectivity index (χ4n) is 3.24. The van der Waals surface area contributed by atoms with Gasteiger partial charge in [-0.05, 0) is 12.8 Å². The van der Waals surface area contributed by atoms with Crippen LogP contribution in [0.1, 0.15) is 12.6 Å². The average Bonchev–Trinajstić information content (AvgIpc) is 2.82. The molecule has 112 valence electrons. The maximum atomic E-state index is 5.43. The average molecular weight is 287 g/mol. The number of aromatic nitrogens is 3. The lowest BCUT2D eigenvalue weighted by Crippen LogP contribution is -2.45. The molecule has 0 N–H and O–H groups in total. The highest BCUT2D eigenvalue weighted by Crippen LogP contribution is 2.30. The highest BCUT2D eigenvalue weighted by Gasteiger charge is 2.28. The molecule has 2 fully saturated rings. The second-order valence-electron chi connectivity index (χ2n) is 6.07. The first-order valence-corrected chi connectivity index (χ1v) is 7.65. The molecule has 0 atom stereocenters. The Balaban J connectivity index is 1.76. The van der Waals surface area contributed by atoms with Crippen molar-refractivity contribution in [3.8, 4) is 0 Å². The number of morpholine rings is 1. The van der Waals surface area contributed by atoms with Gasteiger partial charge in [0.25, 0.3) is 0 Å². The summed E-state index contributed by atoms with van der Waals surface area (Å²) in [6, 6.07) is 0. The zero-order chi connectivity index (χ0) is 14.4. The van der Waals surface area contributed by atoms with E-state index in [1.807, 2.05) is 12.4 Å². The van der Waals surface area contributed by atoms with Gasteiger partial charge in [-0.3, -0.25) is 4.40 Å². The maximum Gasteiger partial charge on any atom is 0.182 e. The lowest BCUT2D eigenvalue weighted by atomic mass is 10.0. The van der Waals surface area contributed by atoms with E-state index in [1.54, 1.807) is 0 Å². The van der Waals surface area contributed by atoms with Crippen LogP contribution >= 0.6 is 0 Å². The standard InChI is InChI=1S/C15H21N5O/c1-11-9-19(10-11)13-12(2)20-4-3-16-14(15(20)17-13)18-5-7-21-8-6-18/h3-4,11H,5-10H2,1-2H3. The normalized spacial score (nSPS) is 20.1. The summed E-state index contributed by atoms with van der Waals surface area (Å²) in [6.07, 6.45) is 3.88. The Hall–Kier alpha value is -1.82. The first-order chi connectivity index (χ1) is 10.2. The minimum absolute atomic E-state index is 0.763. The lowest BCUT2D eigenvalue weighted by Gasteiger charge is -2.37. The highest BCUT2D eigenvalue weighted by molar-refractivity contribution is 5.69. The van der Waals surface area contributed by atoms with Gasteiger partial charge in [0.15, 0.2) is 17.3 Å². The molecule has 2 aliphatic heterocycles. The Kier molecular flexibility index (Phi) is 2.99. The summed E-state index contributed by atoms with van der Waals surface area (Å²) in [7, 11) is 0. The van der Waals surface area contributed by atoms with Crippen molar-refractivity contribution in [1.29, 1.82) is 0 Å². The summed E-state index contributed by atoms with van der Waals surface area (Å²) in [6.45, 7) is 9.92. The van der Waals surface area contributed by atoms with E-state index >= 15 is 0 Å². The molecule has 4 heterocycles. The molecule has 2 aromatic rings. The second-order valence-corrected chi connectivity index (χ2v) is 6.07. The quantitative estimate of drug-likeness (QED) is 0.834. The van der Waals surface area contributed by atoms with Crippen LogP contribution in [0, 0.1) is 12.8 Å². The number of nitrogens with zero attached hydrogens (tertiary/aromatic N) is 5. The summed E-state index contributed by atoms with van der Waals surface area (Å²) in [5, 5.41) is 0. The molecule has 0 radical (unpaired) electrons. The van der Waals surface area contributed by atoms with Crippen molar-refractivity contribution in [2.45, 2.75) is 13.8 Å². The molecule has 0 saturated carbocycles. The number of rotatable bonds is 2. The van der Waals surface area contributed by atoms with Crippen LogP contribution in [-0.2, 0) is 4.74 Å². The largest absolute Gasteiger partial charge is 0.378 e. The minimum atomic E-state index is 0.763. The summed E-state index contributed by atoms with van der Waals surface area (Å²) in [5.41, 5.74) is 2.17. The van der Waals surface area contributed by atoms with Crippen LogP contribution in [0.5, 0.6) is 0 Å². The summed E-state index contributed by atoms with van der Waals surface area (Å²) in [5.74, 6) is 2.85. The third-order valence-electron chi connectivity index (χ3n) is 4.41. The van der Waals surface area contributed by atoms with Gasteiger partial charge in [0, 0.05) is 38.6 Å². The van der Waals surface area contributed by atoms with Crippen LogP contribution in [0.2, 0.25) is 0 Å². The van der Waals surface area contributed by atoms with Crippen molar-refractivity contribution in [2.75, 3.05) is 49.2 Å². The van der Waals surface area contributed by atoms with Crippen molar-refractivity contribution in [1.82, 2.24) is 14.4 Å². The Labute approximate surface area is 124 Å². The molecule has 0 amide bonds. The number of hydrogen-bond donors (Lipinski definition) is 0. The van der Waals surface area contributed by atoms with Gasteiger partial charge in [0.05, 0.1) is 18.9 Å². The number of imidazole rings is 1. The Bertz CT molecular complexity index is 655. The summed E-state index contributed by atoms with van der Waals surface area (Å²) >= 11 is 0. The molecule has 6 nitrogen and oxygen atoms in total. The van der Waals surface area contributed by atoms with Crippen LogP contribution in [-0.4, -0.2) is 53.8 Å². The number of fused-ring (bicyclic) bond motifs is 1. The van der Waals surface area contributed by atoms with Gasteiger partial charge in [0.2, 0.25) is 0 Å². The molecule has 0 aromatic carbocycles. The second kappa shape index (κ2) is 4.87. The van der Waals surface area contributed by atoms with E-state index < -0.39 is 0 Å². The van der Waals surface area contributed by atoms with Crippen molar-refractivity contribution in [2.24, 2.45) is 5.92 Å². The fraction of sp³-hybridized carbons (Fsp3) is 0.600. The predicted octanol–water partition coefficient (Wildman–Crippen LogP) is 1.33. The van der Waals surface area contributed by atoms with Crippen LogP contribution in [0.4, 0.5) is 11.6 Å². The Morgan fingerprint density at radius 1 is 1.14 bits per heavy atom. The summed E-state index contributed by atoms with van der Waals surface area (Å²) < 4.78 is 7.60. The van der Waals surface area contributed by atoms with E-state index in [1.165, 1.54) is 5.69 Å². The van der Waals surface area contributed by atoms with Gasteiger partial charge in [-0.2, -0.15) is 0 Å². The minimum Gasteiger partial charge on any atom is -0.378 e. The number of aryl methyl sites for hydroxylation is 1. The SMILES string of the molecule is Cc1c(N2CC(C)C2)nc2c(N3CCOCC3)nccn12. The van der Waals surface area contributed by atoms with Crippen molar-refractivity contribution in [3.05, 3.63) is 18.1 Å². The molecular weight excluding hydrogens is 266 g/mol. The van der Waals surface area contributed by atoms with Gasteiger partial charge in [-0.15, -0.1) is 0 Å². The molecular formula is C15H21N5O. The lowest BCUT2D eigenvalue weighted by molar-refractivity contribution is 0.122. The molecule has 2 aliphatic rings. The summed E-state index contributed by atoms with van der Waals surface area (Å²) in [4.78, 5) is 14.1. The molecule has 2 aromatic heterocycles. The Morgan fingerprint density at radius 3 is 2.62 bits per heavy atom. The van der Waals surface area contributed by atoms with Crippen molar-refractivity contribution in [3.63, 3.8) is 0 Å². The van der Waals surface area contributed by atoms with E-state index in [0.717, 1.165) is 62.6 Å². The molecule has 0 bridgehead atoms. The van der Waals surface area contributed by atoms with Gasteiger partial charge < -0.3 is 14.5 Å². The molecule has 6 heteroatoms. The number of anilines is 2. The van der Waals surface area contributed by atoms with E-state index in [4.69, 9.17) is 9.72 Å². The van der Waals surface area contributed by atoms with E-state index in [9.17, 15) is 0 Å². The zero-order valence-electron chi connectivity index (χ0n) is 12.6. The van der Waals surface area contributed by atoms with Crippen molar-refractivity contribution < 1.29 is 4.74 Å². The van der Waals surface area contributed by atoms with E-state index in [0.29, 0.717) is 0 Å². The van der Waals surface area contributed by atoms with Crippen LogP contribution < -0.4 is 9.80 Å². The van der Waals surface area contributed by atoms with Gasteiger partial charge >= 0.3 is 0 Å². The number of hydrogen-bond acceptors (Lipinski definition) is 5. The van der Waals surface area contributed by atoms with Gasteiger partial charge in [-0.25, -0.2) is 9.97 Å². The first kappa shape index (κ1) is 12.9. The Morgan fingerprint density at radius 2 is 1.90 bits per heavy atom. The highest BCUT2D eigenvalue weighted by atomic mass is 16.5. The molecule has 2 saturated heterocycles. The first-order valence-electron chi connectivity index (χ1n) is 7.65. The van der Waals surface area contributed by atoms with Crippen molar-refractivity contribution >= 4 is 17.3 Å². The smallest absolute Gasteiger partial charge is 0.182 e. The predicted molar refractivity (Wildman–Crippen MR) is 82.1 cm³/mol. The molecule has 0 unspecified atom stereocenters. The van der Waals surface area contributed by atoms with Crippen LogP contribution in [0.15, 0.2) is 12.4 Å². The van der Waals surface area contributed by atoms with E-state index in [-0.39, 0.29) is 0 Å². The van der Waals surface area contributed by atoms with Crippen LogP contribution in [0.3, 0.4) is 0 Å². The van der Waals surface area contributed by atoms with E-state index in [2.05, 4.69) is 33.0 Å². The molecule has 4 rings (SSSR count). The molecule has 21 heavy (non-hydrogen) atoms. The van der Waals surface area contributed by atoms with Gasteiger partial charge in [-0.1, -0.05) is 6.92 Å². The molecule has 0 aliphatic carbocycles. The maximum absolute atomic E-state index is 5.43. The zero-order valence-corrected chi connectivity index (χ0v) is 12.6. The van der Waals surface area contributed by atoms with Gasteiger partial charge in [0.1, 0.15) is 0 Å². The fourth-order valence-corrected chi connectivity index (χ4v) is 3.24. The number of ether oxygens (including phenoxy) is 1. The molecule has 0 spiro atoms.